The zero-order chi connectivity index (χ0) is 13.8. The molecule has 0 amide bonds. The molecule has 0 radical (unpaired) electrons. The van der Waals surface area contributed by atoms with Crippen LogP contribution < -0.4 is 10.5 Å². The van der Waals surface area contributed by atoms with Gasteiger partial charge in [0.2, 0.25) is 0 Å². The summed E-state index contributed by atoms with van der Waals surface area (Å²) in [6, 6.07) is 8.09. The Bertz CT molecular complexity index is 613. The summed E-state index contributed by atoms with van der Waals surface area (Å²) in [5, 5.41) is 7.43. The van der Waals surface area contributed by atoms with E-state index < -0.39 is 0 Å². The Kier molecular flexibility index (Phi) is 3.75. The predicted octanol–water partition coefficient (Wildman–Crippen LogP) is 2.39. The highest BCUT2D eigenvalue weighted by molar-refractivity contribution is 5.94. The van der Waals surface area contributed by atoms with Gasteiger partial charge in [-0.25, -0.2) is 4.39 Å². The molecule has 19 heavy (non-hydrogen) atoms. The quantitative estimate of drug-likeness (QED) is 0.654. The molecule has 0 saturated carbocycles. The number of pyridine rings is 1. The Balaban J connectivity index is 2.14. The largest absolute Gasteiger partial charge is 0.489 e. The number of amidine groups is 1. The molecule has 0 aliphatic rings. The SMILES string of the molecule is Cc1cc(OCc2cccnc2C(=N)N)ccc1F. The molecular formula is C14H14FN3O. The number of ether oxygens (including phenoxy) is 1. The summed E-state index contributed by atoms with van der Waals surface area (Å²) in [6.07, 6.45) is 1.57. The van der Waals surface area contributed by atoms with Gasteiger partial charge in [0.05, 0.1) is 0 Å². The monoisotopic (exact) mass is 259 g/mol. The molecule has 98 valence electrons. The predicted molar refractivity (Wildman–Crippen MR) is 70.7 cm³/mol. The number of nitrogen functional groups attached to an aromatic ring is 1. The Hall–Kier alpha value is -2.43. The average molecular weight is 259 g/mol. The highest BCUT2D eigenvalue weighted by Gasteiger charge is 2.07. The highest BCUT2D eigenvalue weighted by atomic mass is 19.1. The average Bonchev–Trinajstić information content (AvgIpc) is 2.40. The van der Waals surface area contributed by atoms with Crippen LogP contribution >= 0.6 is 0 Å². The van der Waals surface area contributed by atoms with Crippen molar-refractivity contribution in [3.05, 3.63) is 59.2 Å². The maximum absolute atomic E-state index is 13.1. The number of nitrogens with one attached hydrogen (secondary N) is 1. The van der Waals surface area contributed by atoms with Crippen LogP contribution in [0.15, 0.2) is 36.5 Å². The Labute approximate surface area is 110 Å². The zero-order valence-electron chi connectivity index (χ0n) is 10.5. The first-order valence-electron chi connectivity index (χ1n) is 5.75. The minimum atomic E-state index is -0.266. The van der Waals surface area contributed by atoms with Gasteiger partial charge < -0.3 is 10.5 Å². The van der Waals surface area contributed by atoms with E-state index in [9.17, 15) is 4.39 Å². The molecule has 1 aromatic heterocycles. The van der Waals surface area contributed by atoms with Crippen molar-refractivity contribution in [3.8, 4) is 5.75 Å². The zero-order valence-corrected chi connectivity index (χ0v) is 10.5. The highest BCUT2D eigenvalue weighted by Crippen LogP contribution is 2.17. The second-order valence-electron chi connectivity index (χ2n) is 4.12. The summed E-state index contributed by atoms with van der Waals surface area (Å²) >= 11 is 0. The van der Waals surface area contributed by atoms with Crippen molar-refractivity contribution in [2.24, 2.45) is 5.73 Å². The second-order valence-corrected chi connectivity index (χ2v) is 4.12. The van der Waals surface area contributed by atoms with Crippen molar-refractivity contribution in [1.82, 2.24) is 4.98 Å². The van der Waals surface area contributed by atoms with E-state index in [4.69, 9.17) is 15.9 Å². The van der Waals surface area contributed by atoms with Crippen molar-refractivity contribution < 1.29 is 9.13 Å². The molecule has 0 aliphatic heterocycles. The number of aromatic nitrogens is 1. The van der Waals surface area contributed by atoms with E-state index in [0.717, 1.165) is 5.56 Å². The number of nitrogens with two attached hydrogens (primary N) is 1. The maximum Gasteiger partial charge on any atom is 0.142 e. The topological polar surface area (TPSA) is 72.0 Å². The van der Waals surface area contributed by atoms with Crippen molar-refractivity contribution >= 4 is 5.84 Å². The van der Waals surface area contributed by atoms with Crippen LogP contribution in [0.4, 0.5) is 4.39 Å². The van der Waals surface area contributed by atoms with Gasteiger partial charge in [-0.1, -0.05) is 6.07 Å². The summed E-state index contributed by atoms with van der Waals surface area (Å²) in [6.45, 7) is 1.90. The molecule has 1 heterocycles. The third-order valence-electron chi connectivity index (χ3n) is 2.67. The standard InChI is InChI=1S/C14H14FN3O/c1-9-7-11(4-5-12(9)15)19-8-10-3-2-6-18-13(10)14(16)17/h2-7H,8H2,1H3,(H3,16,17). The van der Waals surface area contributed by atoms with Crippen LogP contribution in [-0.4, -0.2) is 10.8 Å². The van der Waals surface area contributed by atoms with Gasteiger partial charge in [-0.05, 0) is 36.8 Å². The fourth-order valence-corrected chi connectivity index (χ4v) is 1.67. The van der Waals surface area contributed by atoms with Crippen molar-refractivity contribution in [2.45, 2.75) is 13.5 Å². The lowest BCUT2D eigenvalue weighted by molar-refractivity contribution is 0.304. The number of nitrogens with zero attached hydrogens (tertiary/aromatic N) is 1. The molecule has 5 heteroatoms. The van der Waals surface area contributed by atoms with E-state index in [1.807, 2.05) is 0 Å². The van der Waals surface area contributed by atoms with E-state index in [1.54, 1.807) is 37.4 Å². The molecule has 0 saturated heterocycles. The van der Waals surface area contributed by atoms with Crippen LogP contribution in [0.2, 0.25) is 0 Å². The molecule has 0 bridgehead atoms. The van der Waals surface area contributed by atoms with Crippen LogP contribution in [0.1, 0.15) is 16.8 Å². The maximum atomic E-state index is 13.1. The number of rotatable bonds is 4. The van der Waals surface area contributed by atoms with Gasteiger partial charge in [-0.3, -0.25) is 10.4 Å². The van der Waals surface area contributed by atoms with Crippen LogP contribution in [0.25, 0.3) is 0 Å². The molecule has 0 atom stereocenters. The molecule has 0 spiro atoms. The lowest BCUT2D eigenvalue weighted by atomic mass is 10.2. The third kappa shape index (κ3) is 3.07. The third-order valence-corrected chi connectivity index (χ3v) is 2.67. The molecule has 2 aromatic rings. The molecule has 0 aliphatic carbocycles. The fourth-order valence-electron chi connectivity index (χ4n) is 1.67. The summed E-state index contributed by atoms with van der Waals surface area (Å²) in [5.74, 6) is 0.199. The van der Waals surface area contributed by atoms with Crippen LogP contribution in [0, 0.1) is 18.2 Å². The minimum Gasteiger partial charge on any atom is -0.489 e. The van der Waals surface area contributed by atoms with Crippen molar-refractivity contribution in [2.75, 3.05) is 0 Å². The van der Waals surface area contributed by atoms with E-state index in [0.29, 0.717) is 17.0 Å². The number of hydrogen-bond donors (Lipinski definition) is 2. The van der Waals surface area contributed by atoms with Gasteiger partial charge >= 0.3 is 0 Å². The first-order chi connectivity index (χ1) is 9.08. The first kappa shape index (κ1) is 13.0. The normalized spacial score (nSPS) is 10.2. The van der Waals surface area contributed by atoms with Gasteiger partial charge in [-0.2, -0.15) is 0 Å². The molecule has 2 rings (SSSR count). The van der Waals surface area contributed by atoms with E-state index in [1.165, 1.54) is 6.07 Å². The van der Waals surface area contributed by atoms with Gasteiger partial charge in [0.25, 0.3) is 0 Å². The number of hydrogen-bond acceptors (Lipinski definition) is 3. The van der Waals surface area contributed by atoms with Crippen LogP contribution in [0.5, 0.6) is 5.75 Å². The molecule has 3 N–H and O–H groups in total. The summed E-state index contributed by atoms with van der Waals surface area (Å²) in [4.78, 5) is 4.03. The number of benzene rings is 1. The summed E-state index contributed by atoms with van der Waals surface area (Å²) in [5.41, 5.74) is 7.09. The summed E-state index contributed by atoms with van der Waals surface area (Å²) in [7, 11) is 0. The fraction of sp³-hybridized carbons (Fsp3) is 0.143. The van der Waals surface area contributed by atoms with Gasteiger partial charge in [-0.15, -0.1) is 0 Å². The Morgan fingerprint density at radius 3 is 2.89 bits per heavy atom. The number of aryl methyl sites for hydroxylation is 1. The molecule has 4 nitrogen and oxygen atoms in total. The molecular weight excluding hydrogens is 245 g/mol. The molecule has 0 fully saturated rings. The van der Waals surface area contributed by atoms with Gasteiger partial charge in [0.1, 0.15) is 29.7 Å². The minimum absolute atomic E-state index is 0.102. The van der Waals surface area contributed by atoms with Crippen molar-refractivity contribution in [3.63, 3.8) is 0 Å². The van der Waals surface area contributed by atoms with E-state index in [-0.39, 0.29) is 18.3 Å². The second kappa shape index (κ2) is 5.48. The van der Waals surface area contributed by atoms with Crippen LogP contribution in [0.3, 0.4) is 0 Å². The van der Waals surface area contributed by atoms with Gasteiger partial charge in [0.15, 0.2) is 0 Å². The van der Waals surface area contributed by atoms with Crippen molar-refractivity contribution in [1.29, 1.82) is 5.41 Å². The lowest BCUT2D eigenvalue weighted by Gasteiger charge is -2.10. The lowest BCUT2D eigenvalue weighted by Crippen LogP contribution is -2.16. The van der Waals surface area contributed by atoms with Gasteiger partial charge in [0, 0.05) is 11.8 Å². The van der Waals surface area contributed by atoms with E-state index in [2.05, 4.69) is 4.98 Å². The molecule has 0 unspecified atom stereocenters. The summed E-state index contributed by atoms with van der Waals surface area (Å²) < 4.78 is 18.7. The van der Waals surface area contributed by atoms with E-state index >= 15 is 0 Å². The van der Waals surface area contributed by atoms with Crippen LogP contribution in [-0.2, 0) is 6.61 Å². The Morgan fingerprint density at radius 2 is 2.21 bits per heavy atom. The smallest absolute Gasteiger partial charge is 0.142 e. The number of halogens is 1. The molecule has 1 aromatic carbocycles. The first-order valence-corrected chi connectivity index (χ1v) is 5.75. The Morgan fingerprint density at radius 1 is 1.42 bits per heavy atom.